The predicted octanol–water partition coefficient (Wildman–Crippen LogP) is 6.26. The zero-order chi connectivity index (χ0) is 19.0. The van der Waals surface area contributed by atoms with Crippen LogP contribution in [0.1, 0.15) is 41.5 Å². The molecule has 4 heteroatoms. The van der Waals surface area contributed by atoms with E-state index in [1.165, 1.54) is 0 Å². The lowest BCUT2D eigenvalue weighted by Gasteiger charge is -2.37. The number of rotatable bonds is 7. The van der Waals surface area contributed by atoms with Crippen LogP contribution in [0.5, 0.6) is 0 Å². The van der Waals surface area contributed by atoms with Crippen molar-refractivity contribution in [1.29, 1.82) is 0 Å². The van der Waals surface area contributed by atoms with Gasteiger partial charge in [-0.1, -0.05) is 41.5 Å². The first-order valence-corrected chi connectivity index (χ1v) is 16.8. The lowest BCUT2D eigenvalue weighted by molar-refractivity contribution is 0.0120. The third-order valence-corrected chi connectivity index (χ3v) is 7.22. The van der Waals surface area contributed by atoms with Gasteiger partial charge in [-0.2, -0.15) is 0 Å². The highest BCUT2D eigenvalue weighted by Crippen LogP contribution is 2.51. The molecule has 0 spiro atoms. The number of hydrogen-bond acceptors (Lipinski definition) is 2. The van der Waals surface area contributed by atoms with Crippen molar-refractivity contribution in [2.45, 2.75) is 93.0 Å². The van der Waals surface area contributed by atoms with Crippen LogP contribution in [0.4, 0.5) is 0 Å². The summed E-state index contributed by atoms with van der Waals surface area (Å²) in [5.41, 5.74) is 0. The van der Waals surface area contributed by atoms with Gasteiger partial charge in [-0.3, -0.25) is 0 Å². The molecule has 144 valence electrons. The lowest BCUT2D eigenvalue weighted by atomic mass is 9.72. The zero-order valence-electron chi connectivity index (χ0n) is 18.4. The third kappa shape index (κ3) is 5.68. The van der Waals surface area contributed by atoms with Gasteiger partial charge in [0.05, 0.1) is 12.2 Å². The Bertz CT molecular complexity index is 359. The molecule has 0 saturated heterocycles. The molecule has 0 aromatic rings. The van der Waals surface area contributed by atoms with Crippen LogP contribution in [-0.2, 0) is 8.85 Å². The smallest absolute Gasteiger partial charge is 0.184 e. The molecular formula is C20H44O2Si2. The van der Waals surface area contributed by atoms with Gasteiger partial charge in [-0.05, 0) is 74.8 Å². The minimum Gasteiger partial charge on any atom is -0.412 e. The van der Waals surface area contributed by atoms with E-state index in [1.807, 2.05) is 0 Å². The lowest BCUT2D eigenvalue weighted by Crippen LogP contribution is -2.47. The number of hydrogen-bond donors (Lipinski definition) is 0. The van der Waals surface area contributed by atoms with Crippen LogP contribution in [0.3, 0.4) is 0 Å². The van der Waals surface area contributed by atoms with Crippen LogP contribution in [0.15, 0.2) is 0 Å². The highest BCUT2D eigenvalue weighted by molar-refractivity contribution is 6.70. The third-order valence-electron chi connectivity index (χ3n) is 5.26. The second kappa shape index (κ2) is 7.93. The molecule has 0 amide bonds. The molecule has 4 atom stereocenters. The summed E-state index contributed by atoms with van der Waals surface area (Å²) >= 11 is 0. The topological polar surface area (TPSA) is 18.5 Å². The Morgan fingerprint density at radius 2 is 0.750 bits per heavy atom. The second-order valence-electron chi connectivity index (χ2n) is 10.9. The van der Waals surface area contributed by atoms with E-state index in [-0.39, 0.29) is 12.2 Å². The van der Waals surface area contributed by atoms with E-state index >= 15 is 0 Å². The summed E-state index contributed by atoms with van der Waals surface area (Å²) in [4.78, 5) is 0. The van der Waals surface area contributed by atoms with E-state index in [0.29, 0.717) is 35.5 Å². The van der Waals surface area contributed by atoms with E-state index < -0.39 is 16.6 Å². The molecule has 1 aliphatic rings. The maximum absolute atomic E-state index is 6.83. The summed E-state index contributed by atoms with van der Waals surface area (Å²) in [6.45, 7) is 28.3. The van der Waals surface area contributed by atoms with Crippen LogP contribution < -0.4 is 0 Å². The average molecular weight is 373 g/mol. The van der Waals surface area contributed by atoms with Gasteiger partial charge in [-0.15, -0.1) is 0 Å². The molecule has 1 aliphatic carbocycles. The minimum absolute atomic E-state index is 0.267. The highest BCUT2D eigenvalue weighted by atomic mass is 28.4. The van der Waals surface area contributed by atoms with Crippen molar-refractivity contribution in [2.24, 2.45) is 35.5 Å². The van der Waals surface area contributed by atoms with E-state index in [1.54, 1.807) is 0 Å². The van der Waals surface area contributed by atoms with Crippen LogP contribution in [-0.4, -0.2) is 28.8 Å². The summed E-state index contributed by atoms with van der Waals surface area (Å²) in [6, 6.07) is 0. The zero-order valence-corrected chi connectivity index (χ0v) is 20.4. The predicted molar refractivity (Wildman–Crippen MR) is 111 cm³/mol. The first-order chi connectivity index (χ1) is 10.7. The maximum atomic E-state index is 6.83. The molecule has 0 aliphatic heterocycles. The van der Waals surface area contributed by atoms with Crippen molar-refractivity contribution < 1.29 is 8.85 Å². The molecule has 0 bridgehead atoms. The Kier molecular flexibility index (Phi) is 7.40. The second-order valence-corrected chi connectivity index (χ2v) is 19.8. The summed E-state index contributed by atoms with van der Waals surface area (Å²) in [5.74, 6) is 3.84. The van der Waals surface area contributed by atoms with Gasteiger partial charge in [0.15, 0.2) is 16.6 Å². The molecule has 4 unspecified atom stereocenters. The Hall–Kier alpha value is 0.354. The minimum atomic E-state index is -1.62. The van der Waals surface area contributed by atoms with Gasteiger partial charge < -0.3 is 8.85 Å². The van der Waals surface area contributed by atoms with Gasteiger partial charge in [0.1, 0.15) is 0 Å². The summed E-state index contributed by atoms with van der Waals surface area (Å²) < 4.78 is 13.7. The average Bonchev–Trinajstić information content (AvgIpc) is 2.59. The van der Waals surface area contributed by atoms with Crippen molar-refractivity contribution in [3.8, 4) is 0 Å². The quantitative estimate of drug-likeness (QED) is 0.491. The van der Waals surface area contributed by atoms with E-state index in [0.717, 1.165) is 0 Å². The van der Waals surface area contributed by atoms with E-state index in [9.17, 15) is 0 Å². The van der Waals surface area contributed by atoms with Gasteiger partial charge in [0.2, 0.25) is 0 Å². The molecule has 0 radical (unpaired) electrons. The fourth-order valence-electron chi connectivity index (χ4n) is 4.78. The Balaban J connectivity index is 3.38. The van der Waals surface area contributed by atoms with Crippen molar-refractivity contribution in [2.75, 3.05) is 0 Å². The van der Waals surface area contributed by atoms with Crippen LogP contribution in [0.2, 0.25) is 39.3 Å². The Morgan fingerprint density at radius 3 is 0.917 bits per heavy atom. The Labute approximate surface area is 154 Å². The summed E-state index contributed by atoms with van der Waals surface area (Å²) in [6.07, 6.45) is 0.534. The summed E-state index contributed by atoms with van der Waals surface area (Å²) in [7, 11) is -3.24. The molecule has 24 heavy (non-hydrogen) atoms. The molecule has 0 aromatic heterocycles. The SMILES string of the molecule is CC(C)C1C(O[Si](C)(C)C)C(O[Si](C)(C)C)C(C(C)C)C1C(C)C. The van der Waals surface area contributed by atoms with Gasteiger partial charge >= 0.3 is 0 Å². The standard InChI is InChI=1S/C20H44O2Si2/c1-13(2)16-17(14(3)4)19(21-23(7,8)9)20(18(16)15(5)6)22-24(10,11)12/h13-20H,1-12H3. The molecule has 2 nitrogen and oxygen atoms in total. The van der Waals surface area contributed by atoms with Crippen molar-refractivity contribution in [3.63, 3.8) is 0 Å². The van der Waals surface area contributed by atoms with Crippen LogP contribution in [0.25, 0.3) is 0 Å². The molecule has 1 fully saturated rings. The maximum Gasteiger partial charge on any atom is 0.184 e. The first kappa shape index (κ1) is 22.4. The monoisotopic (exact) mass is 372 g/mol. The van der Waals surface area contributed by atoms with Crippen molar-refractivity contribution in [1.82, 2.24) is 0 Å². The van der Waals surface area contributed by atoms with Gasteiger partial charge in [-0.25, -0.2) is 0 Å². The molecule has 0 N–H and O–H groups in total. The van der Waals surface area contributed by atoms with E-state index in [4.69, 9.17) is 8.85 Å². The molecular weight excluding hydrogens is 328 g/mol. The van der Waals surface area contributed by atoms with Gasteiger partial charge in [0, 0.05) is 0 Å². The highest BCUT2D eigenvalue weighted by Gasteiger charge is 2.55. The molecule has 0 aromatic carbocycles. The molecule has 1 rings (SSSR count). The van der Waals surface area contributed by atoms with Crippen LogP contribution in [0, 0.1) is 35.5 Å². The molecule has 1 saturated carbocycles. The van der Waals surface area contributed by atoms with E-state index in [2.05, 4.69) is 80.8 Å². The largest absolute Gasteiger partial charge is 0.412 e. The fourth-order valence-corrected chi connectivity index (χ4v) is 6.99. The first-order valence-electron chi connectivity index (χ1n) is 10.0. The molecule has 0 heterocycles. The normalized spacial score (nSPS) is 32.4. The summed E-state index contributed by atoms with van der Waals surface area (Å²) in [5, 5.41) is 0. The Morgan fingerprint density at radius 1 is 0.500 bits per heavy atom. The fraction of sp³-hybridized carbons (Fsp3) is 1.00. The van der Waals surface area contributed by atoms with Gasteiger partial charge in [0.25, 0.3) is 0 Å². The van der Waals surface area contributed by atoms with Crippen LogP contribution >= 0.6 is 0 Å². The van der Waals surface area contributed by atoms with Crippen molar-refractivity contribution >= 4 is 16.6 Å². The van der Waals surface area contributed by atoms with Crippen molar-refractivity contribution in [3.05, 3.63) is 0 Å².